The van der Waals surface area contributed by atoms with Gasteiger partial charge in [0.15, 0.2) is 5.15 Å². The summed E-state index contributed by atoms with van der Waals surface area (Å²) in [6, 6.07) is 3.83. The van der Waals surface area contributed by atoms with Crippen LogP contribution in [0, 0.1) is 0 Å². The maximum absolute atomic E-state index is 14.0. The molecule has 0 saturated carbocycles. The molecule has 2 aliphatic heterocycles. The van der Waals surface area contributed by atoms with Crippen LogP contribution < -0.4 is 14.4 Å². The van der Waals surface area contributed by atoms with Gasteiger partial charge in [0.2, 0.25) is 5.60 Å². The normalized spacial score (nSPS) is 17.6. The number of aryl methyl sites for hydroxylation is 1. The van der Waals surface area contributed by atoms with Crippen LogP contribution in [0.5, 0.6) is 5.75 Å². The first-order chi connectivity index (χ1) is 18.1. The Morgan fingerprint density at radius 3 is 2.67 bits per heavy atom. The van der Waals surface area contributed by atoms with Crippen LogP contribution >= 0.6 is 11.6 Å². The third-order valence-corrected chi connectivity index (χ3v) is 8.65. The summed E-state index contributed by atoms with van der Waals surface area (Å²) in [6.45, 7) is 1.60. The van der Waals surface area contributed by atoms with E-state index in [1.54, 1.807) is 4.68 Å². The molecule has 0 spiro atoms. The number of amides is 1. The van der Waals surface area contributed by atoms with E-state index in [2.05, 4.69) is 15.2 Å². The van der Waals surface area contributed by atoms with E-state index in [0.29, 0.717) is 32.5 Å². The minimum Gasteiger partial charge on any atom is -0.486 e. The Morgan fingerprint density at radius 1 is 1.28 bits per heavy atom. The number of carboxylic acids is 1. The number of halogens is 4. The van der Waals surface area contributed by atoms with Crippen molar-refractivity contribution in [1.82, 2.24) is 9.78 Å². The lowest BCUT2D eigenvalue weighted by atomic mass is 10.1. The Balaban J connectivity index is 1.70. The van der Waals surface area contributed by atoms with E-state index in [4.69, 9.17) is 21.4 Å². The van der Waals surface area contributed by atoms with Crippen LogP contribution in [-0.2, 0) is 32.5 Å². The second kappa shape index (κ2) is 10.4. The van der Waals surface area contributed by atoms with Gasteiger partial charge in [0, 0.05) is 18.7 Å². The van der Waals surface area contributed by atoms with E-state index in [9.17, 15) is 31.2 Å². The highest BCUT2D eigenvalue weighted by molar-refractivity contribution is 7.93. The predicted molar refractivity (Wildman–Crippen MR) is 133 cm³/mol. The molecule has 11 nitrogen and oxygen atoms in total. The molecular formula is C23H26ClF3N4O7S. The topological polar surface area (TPSA) is 140 Å². The van der Waals surface area contributed by atoms with Gasteiger partial charge in [-0.05, 0) is 57.7 Å². The van der Waals surface area contributed by atoms with E-state index in [0.717, 1.165) is 17.1 Å². The number of nitrogens with zero attached hydrogens (tertiary/aromatic N) is 3. The highest BCUT2D eigenvalue weighted by Gasteiger charge is 2.51. The average molecular weight is 595 g/mol. The van der Waals surface area contributed by atoms with Gasteiger partial charge < -0.3 is 14.6 Å². The molecule has 0 fully saturated rings. The molecule has 39 heavy (non-hydrogen) atoms. The predicted octanol–water partition coefficient (Wildman–Crippen LogP) is 4.58. The maximum atomic E-state index is 14.0. The lowest BCUT2D eigenvalue weighted by molar-refractivity contribution is -0.242. The largest absolute Gasteiger partial charge is 0.486 e. The van der Waals surface area contributed by atoms with Gasteiger partial charge in [0.1, 0.15) is 16.7 Å². The molecule has 0 radical (unpaired) electrons. The number of hydrogen-bond acceptors (Lipinski definition) is 7. The zero-order valence-electron chi connectivity index (χ0n) is 20.9. The van der Waals surface area contributed by atoms with E-state index in [-0.39, 0.29) is 46.6 Å². The first kappa shape index (κ1) is 28.8. The lowest BCUT2D eigenvalue weighted by Gasteiger charge is -2.36. The number of rotatable bonds is 7. The van der Waals surface area contributed by atoms with E-state index >= 15 is 0 Å². The minimum absolute atomic E-state index is 0.000499. The molecule has 214 valence electrons. The number of carbonyl (C=O) groups is 2. The maximum Gasteiger partial charge on any atom is 0.427 e. The minimum atomic E-state index is -4.83. The quantitative estimate of drug-likeness (QED) is 0.475. The molecule has 2 aliphatic rings. The molecule has 1 amide bonds. The number of ether oxygens (including phenoxy) is 2. The fourth-order valence-electron chi connectivity index (χ4n) is 4.28. The molecule has 0 saturated heterocycles. The number of benzene rings is 1. The number of aliphatic carboxylic acids is 1. The number of hydrogen-bond donors (Lipinski definition) is 2. The number of anilines is 2. The van der Waals surface area contributed by atoms with Crippen LogP contribution in [-0.4, -0.2) is 59.8 Å². The first-order valence-corrected chi connectivity index (χ1v) is 13.8. The third kappa shape index (κ3) is 5.88. The van der Waals surface area contributed by atoms with Crippen molar-refractivity contribution in [3.8, 4) is 5.75 Å². The van der Waals surface area contributed by atoms with Crippen LogP contribution in [0.1, 0.15) is 45.2 Å². The summed E-state index contributed by atoms with van der Waals surface area (Å²) in [5, 5.41) is 15.2. The fraction of sp³-hybridized carbons (Fsp3) is 0.522. The molecule has 2 aromatic rings. The molecule has 0 unspecified atom stereocenters. The van der Waals surface area contributed by atoms with Gasteiger partial charge in [0.05, 0.1) is 17.9 Å². The molecule has 4 rings (SSSR count). The molecule has 1 atom stereocenters. The summed E-state index contributed by atoms with van der Waals surface area (Å²) >= 11 is 6.29. The fourth-order valence-corrected chi connectivity index (χ4v) is 6.52. The van der Waals surface area contributed by atoms with E-state index in [1.807, 2.05) is 0 Å². The van der Waals surface area contributed by atoms with Crippen molar-refractivity contribution in [2.24, 2.45) is 0 Å². The molecule has 3 heterocycles. The van der Waals surface area contributed by atoms with Gasteiger partial charge in [-0.25, -0.2) is 13.2 Å². The Bertz CT molecular complexity index is 1390. The van der Waals surface area contributed by atoms with Gasteiger partial charge in [-0.15, -0.1) is 0 Å². The Hall–Kier alpha value is -3.20. The molecular weight excluding hydrogens is 569 g/mol. The summed E-state index contributed by atoms with van der Waals surface area (Å²) in [4.78, 5) is 23.2. The molecule has 16 heteroatoms. The SMILES string of the molecule is CC(C)(OC(=O)Nc1ccc2c(c1)N(S(=O)(=O)c1c(Cl)nn3c1CCCC3)C[C@H](CCC(=O)O)O2)C(F)(F)F. The molecule has 0 aliphatic carbocycles. The highest BCUT2D eigenvalue weighted by atomic mass is 35.5. The van der Waals surface area contributed by atoms with Crippen molar-refractivity contribution in [2.45, 2.75) is 75.3 Å². The zero-order valence-corrected chi connectivity index (χ0v) is 22.5. The van der Waals surface area contributed by atoms with Crippen molar-refractivity contribution in [2.75, 3.05) is 16.2 Å². The average Bonchev–Trinajstić information content (AvgIpc) is 3.17. The summed E-state index contributed by atoms with van der Waals surface area (Å²) < 4.78 is 80.3. The van der Waals surface area contributed by atoms with Crippen molar-refractivity contribution in [1.29, 1.82) is 0 Å². The number of fused-ring (bicyclic) bond motifs is 2. The van der Waals surface area contributed by atoms with Crippen molar-refractivity contribution < 1.29 is 45.8 Å². The van der Waals surface area contributed by atoms with Crippen LogP contribution in [0.2, 0.25) is 5.15 Å². The van der Waals surface area contributed by atoms with Crippen LogP contribution in [0.4, 0.5) is 29.3 Å². The Labute approximate surface area is 226 Å². The summed E-state index contributed by atoms with van der Waals surface area (Å²) in [5.41, 5.74) is -2.43. The number of aromatic nitrogens is 2. The zero-order chi connectivity index (χ0) is 28.8. The summed E-state index contributed by atoms with van der Waals surface area (Å²) in [7, 11) is -4.37. The number of carbonyl (C=O) groups excluding carboxylic acids is 1. The number of sulfonamides is 1. The van der Waals surface area contributed by atoms with Gasteiger partial charge in [-0.1, -0.05) is 11.6 Å². The number of nitrogens with one attached hydrogen (secondary N) is 1. The second-order valence-corrected chi connectivity index (χ2v) is 11.8. The highest BCUT2D eigenvalue weighted by Crippen LogP contribution is 2.42. The van der Waals surface area contributed by atoms with Crippen LogP contribution in [0.25, 0.3) is 0 Å². The molecule has 1 aromatic carbocycles. The van der Waals surface area contributed by atoms with Gasteiger partial charge in [-0.2, -0.15) is 18.3 Å². The van der Waals surface area contributed by atoms with Gasteiger partial charge in [0.25, 0.3) is 10.0 Å². The van der Waals surface area contributed by atoms with Crippen LogP contribution in [0.3, 0.4) is 0 Å². The second-order valence-electron chi connectivity index (χ2n) is 9.66. The molecule has 2 N–H and O–H groups in total. The number of alkyl halides is 3. The van der Waals surface area contributed by atoms with Gasteiger partial charge >= 0.3 is 18.2 Å². The van der Waals surface area contributed by atoms with E-state index < -0.39 is 40.0 Å². The standard InChI is InChI=1S/C23H26ClF3N4O7S/c1-22(2,23(25,26)27)38-21(34)28-13-6-8-17-16(11-13)31(12-14(37-17)7-9-18(32)33)39(35,36)19-15-5-3-4-10-30(15)29-20(19)24/h6,8,11,14H,3-5,7,9-10,12H2,1-2H3,(H,28,34)(H,32,33)/t14-/m0/s1. The lowest BCUT2D eigenvalue weighted by Crippen LogP contribution is -2.44. The van der Waals surface area contributed by atoms with Crippen molar-refractivity contribution in [3.05, 3.63) is 29.0 Å². The Morgan fingerprint density at radius 2 is 2.00 bits per heavy atom. The number of carboxylic acid groups (broad SMARTS) is 1. The summed E-state index contributed by atoms with van der Waals surface area (Å²) in [5.74, 6) is -1.03. The summed E-state index contributed by atoms with van der Waals surface area (Å²) in [6.07, 6.45) is -5.38. The monoisotopic (exact) mass is 594 g/mol. The van der Waals surface area contributed by atoms with E-state index in [1.165, 1.54) is 18.2 Å². The first-order valence-electron chi connectivity index (χ1n) is 12.0. The third-order valence-electron chi connectivity index (χ3n) is 6.40. The van der Waals surface area contributed by atoms with Crippen molar-refractivity contribution >= 4 is 45.1 Å². The molecule has 0 bridgehead atoms. The van der Waals surface area contributed by atoms with Crippen LogP contribution in [0.15, 0.2) is 23.1 Å². The Kier molecular flexibility index (Phi) is 7.69. The smallest absolute Gasteiger partial charge is 0.427 e. The van der Waals surface area contributed by atoms with Crippen molar-refractivity contribution in [3.63, 3.8) is 0 Å². The van der Waals surface area contributed by atoms with Gasteiger partial charge in [-0.3, -0.25) is 19.1 Å². The molecule has 1 aromatic heterocycles.